The van der Waals surface area contributed by atoms with Crippen LogP contribution in [0.1, 0.15) is 11.3 Å². The molecule has 0 spiro atoms. The van der Waals surface area contributed by atoms with Crippen LogP contribution >= 0.6 is 11.6 Å². The smallest absolute Gasteiger partial charge is 0.157 e. The molecule has 2 heterocycles. The minimum Gasteiger partial charge on any atom is -0.237 e. The zero-order valence-electron chi connectivity index (χ0n) is 7.81. The number of nitrogens with zero attached hydrogens (tertiary/aromatic N) is 3. The van der Waals surface area contributed by atoms with E-state index in [1.807, 2.05) is 31.3 Å². The van der Waals surface area contributed by atoms with Crippen LogP contribution in [-0.4, -0.2) is 14.8 Å². The molecule has 0 radical (unpaired) electrons. The van der Waals surface area contributed by atoms with Crippen molar-refractivity contribution in [2.24, 2.45) is 0 Å². The third-order valence-electron chi connectivity index (χ3n) is 1.95. The SMILES string of the molecule is Cc1ccn(-c2ncccc2CCl)n1. The number of rotatable bonds is 2. The van der Waals surface area contributed by atoms with Crippen LogP contribution < -0.4 is 0 Å². The molecule has 0 amide bonds. The van der Waals surface area contributed by atoms with Gasteiger partial charge in [-0.1, -0.05) is 6.07 Å². The molecule has 0 unspecified atom stereocenters. The molecule has 0 saturated heterocycles. The Morgan fingerprint density at radius 2 is 2.29 bits per heavy atom. The van der Waals surface area contributed by atoms with E-state index in [2.05, 4.69) is 10.1 Å². The van der Waals surface area contributed by atoms with E-state index in [9.17, 15) is 0 Å². The summed E-state index contributed by atoms with van der Waals surface area (Å²) in [7, 11) is 0. The molecule has 2 aromatic heterocycles. The van der Waals surface area contributed by atoms with Crippen LogP contribution in [0.3, 0.4) is 0 Å². The van der Waals surface area contributed by atoms with Gasteiger partial charge in [-0.2, -0.15) is 5.10 Å². The van der Waals surface area contributed by atoms with Crippen LogP contribution in [0.2, 0.25) is 0 Å². The zero-order valence-corrected chi connectivity index (χ0v) is 8.57. The van der Waals surface area contributed by atoms with Gasteiger partial charge < -0.3 is 0 Å². The van der Waals surface area contributed by atoms with Crippen molar-refractivity contribution < 1.29 is 0 Å². The summed E-state index contributed by atoms with van der Waals surface area (Å²) in [4.78, 5) is 4.25. The van der Waals surface area contributed by atoms with E-state index in [4.69, 9.17) is 11.6 Å². The molecule has 0 aliphatic carbocycles. The van der Waals surface area contributed by atoms with Crippen molar-refractivity contribution in [1.29, 1.82) is 0 Å². The molecule has 0 N–H and O–H groups in total. The van der Waals surface area contributed by atoms with Gasteiger partial charge >= 0.3 is 0 Å². The van der Waals surface area contributed by atoms with Gasteiger partial charge in [-0.3, -0.25) is 0 Å². The first-order valence-corrected chi connectivity index (χ1v) is 4.87. The molecule has 0 fully saturated rings. The van der Waals surface area contributed by atoms with E-state index < -0.39 is 0 Å². The number of pyridine rings is 1. The minimum absolute atomic E-state index is 0.447. The third kappa shape index (κ3) is 1.63. The minimum atomic E-state index is 0.447. The van der Waals surface area contributed by atoms with Crippen LogP contribution in [-0.2, 0) is 5.88 Å². The Labute approximate surface area is 87.3 Å². The van der Waals surface area contributed by atoms with Crippen LogP contribution in [0, 0.1) is 6.92 Å². The van der Waals surface area contributed by atoms with E-state index >= 15 is 0 Å². The van der Waals surface area contributed by atoms with Crippen molar-refractivity contribution in [1.82, 2.24) is 14.8 Å². The molecule has 72 valence electrons. The lowest BCUT2D eigenvalue weighted by molar-refractivity contribution is 0.822. The predicted octanol–water partition coefficient (Wildman–Crippen LogP) is 2.31. The van der Waals surface area contributed by atoms with Gasteiger partial charge in [-0.15, -0.1) is 11.6 Å². The molecule has 2 rings (SSSR count). The highest BCUT2D eigenvalue weighted by molar-refractivity contribution is 6.17. The second-order valence-electron chi connectivity index (χ2n) is 3.02. The third-order valence-corrected chi connectivity index (χ3v) is 2.24. The molecular weight excluding hydrogens is 198 g/mol. The van der Waals surface area contributed by atoms with Gasteiger partial charge in [0.1, 0.15) is 0 Å². The lowest BCUT2D eigenvalue weighted by Gasteiger charge is -2.04. The highest BCUT2D eigenvalue weighted by atomic mass is 35.5. The van der Waals surface area contributed by atoms with Crippen molar-refractivity contribution >= 4 is 11.6 Å². The zero-order chi connectivity index (χ0) is 9.97. The van der Waals surface area contributed by atoms with Crippen molar-refractivity contribution in [3.63, 3.8) is 0 Å². The maximum absolute atomic E-state index is 5.81. The molecule has 0 aliphatic rings. The van der Waals surface area contributed by atoms with Crippen molar-refractivity contribution in [3.05, 3.63) is 41.9 Å². The lowest BCUT2D eigenvalue weighted by Crippen LogP contribution is -2.01. The van der Waals surface area contributed by atoms with Gasteiger partial charge in [0.25, 0.3) is 0 Å². The Bertz CT molecular complexity index is 436. The topological polar surface area (TPSA) is 30.7 Å². The summed E-state index contributed by atoms with van der Waals surface area (Å²) in [5, 5.41) is 4.29. The van der Waals surface area contributed by atoms with Gasteiger partial charge in [0.2, 0.25) is 0 Å². The number of alkyl halides is 1. The summed E-state index contributed by atoms with van der Waals surface area (Å²) in [5.41, 5.74) is 1.95. The molecule has 0 aromatic carbocycles. The quantitative estimate of drug-likeness (QED) is 0.708. The fourth-order valence-corrected chi connectivity index (χ4v) is 1.48. The number of aryl methyl sites for hydroxylation is 1. The molecule has 0 saturated carbocycles. The average Bonchev–Trinajstić information content (AvgIpc) is 2.65. The average molecular weight is 208 g/mol. The first-order valence-electron chi connectivity index (χ1n) is 4.34. The lowest BCUT2D eigenvalue weighted by atomic mass is 10.3. The van der Waals surface area contributed by atoms with Crippen molar-refractivity contribution in [2.45, 2.75) is 12.8 Å². The molecule has 4 heteroatoms. The summed E-state index contributed by atoms with van der Waals surface area (Å²) in [6.45, 7) is 1.94. The second kappa shape index (κ2) is 3.80. The van der Waals surface area contributed by atoms with E-state index in [-0.39, 0.29) is 0 Å². The monoisotopic (exact) mass is 207 g/mol. The highest BCUT2D eigenvalue weighted by Gasteiger charge is 2.04. The predicted molar refractivity (Wildman–Crippen MR) is 55.7 cm³/mol. The Hall–Kier alpha value is -1.35. The number of aromatic nitrogens is 3. The van der Waals surface area contributed by atoms with Crippen LogP contribution in [0.4, 0.5) is 0 Å². The van der Waals surface area contributed by atoms with Crippen molar-refractivity contribution in [3.8, 4) is 5.82 Å². The Kier molecular flexibility index (Phi) is 2.50. The van der Waals surface area contributed by atoms with Gasteiger partial charge in [-0.05, 0) is 19.1 Å². The standard InChI is InChI=1S/C10H10ClN3/c1-8-4-6-14(13-8)10-9(7-11)3-2-5-12-10/h2-6H,7H2,1H3. The molecule has 0 atom stereocenters. The van der Waals surface area contributed by atoms with Crippen LogP contribution in [0.25, 0.3) is 5.82 Å². The number of hydrogen-bond acceptors (Lipinski definition) is 2. The highest BCUT2D eigenvalue weighted by Crippen LogP contribution is 2.12. The summed E-state index contributed by atoms with van der Waals surface area (Å²) in [6, 6.07) is 5.76. The van der Waals surface area contributed by atoms with Gasteiger partial charge in [-0.25, -0.2) is 9.67 Å². The normalized spacial score (nSPS) is 10.4. The fourth-order valence-electron chi connectivity index (χ4n) is 1.27. The van der Waals surface area contributed by atoms with E-state index in [0.717, 1.165) is 17.1 Å². The maximum atomic E-state index is 5.81. The molecule has 0 bridgehead atoms. The maximum Gasteiger partial charge on any atom is 0.157 e. The van der Waals surface area contributed by atoms with E-state index in [0.29, 0.717) is 5.88 Å². The molecule has 0 aliphatic heterocycles. The Morgan fingerprint density at radius 3 is 2.93 bits per heavy atom. The summed E-state index contributed by atoms with van der Waals surface area (Å²) in [5.74, 6) is 1.25. The van der Waals surface area contributed by atoms with Crippen molar-refractivity contribution in [2.75, 3.05) is 0 Å². The van der Waals surface area contributed by atoms with Gasteiger partial charge in [0.05, 0.1) is 11.6 Å². The van der Waals surface area contributed by atoms with Gasteiger partial charge in [0.15, 0.2) is 5.82 Å². The molecular formula is C10H10ClN3. The Balaban J connectivity index is 2.50. The van der Waals surface area contributed by atoms with Crippen LogP contribution in [0.5, 0.6) is 0 Å². The van der Waals surface area contributed by atoms with E-state index in [1.54, 1.807) is 10.9 Å². The number of hydrogen-bond donors (Lipinski definition) is 0. The molecule has 14 heavy (non-hydrogen) atoms. The molecule has 3 nitrogen and oxygen atoms in total. The first kappa shape index (κ1) is 9.21. The summed E-state index contributed by atoms with van der Waals surface area (Å²) < 4.78 is 1.74. The summed E-state index contributed by atoms with van der Waals surface area (Å²) >= 11 is 5.81. The molecule has 2 aromatic rings. The van der Waals surface area contributed by atoms with Crippen LogP contribution in [0.15, 0.2) is 30.6 Å². The Morgan fingerprint density at radius 1 is 1.43 bits per heavy atom. The largest absolute Gasteiger partial charge is 0.237 e. The number of halogens is 1. The first-order chi connectivity index (χ1) is 6.81. The van der Waals surface area contributed by atoms with E-state index in [1.165, 1.54) is 0 Å². The second-order valence-corrected chi connectivity index (χ2v) is 3.29. The summed E-state index contributed by atoms with van der Waals surface area (Å²) in [6.07, 6.45) is 3.62. The van der Waals surface area contributed by atoms with Gasteiger partial charge in [0, 0.05) is 18.0 Å². The fraction of sp³-hybridized carbons (Fsp3) is 0.200.